The Morgan fingerprint density at radius 2 is 2.00 bits per heavy atom. The summed E-state index contributed by atoms with van der Waals surface area (Å²) in [6.45, 7) is 13.6. The van der Waals surface area contributed by atoms with Crippen LogP contribution in [0, 0.1) is 25.7 Å². The molecule has 1 spiro atoms. The molecular formula is C27H36N2O5S. The molecule has 8 heteroatoms. The zero-order valence-electron chi connectivity index (χ0n) is 21.2. The number of aliphatic hydroxyl groups is 1. The standard InChI is InChI=1S/C27H36N2O5S/c1-7-14-28(21-16(3)10-9-11-17(21)4)24(32)22-27-13-12-26(6,35-27)20(25(33)34-8-2)19(27)23(31)29(22)18(5)15-30/h7,9-11,18-20,22,30H,1,8,12-15H2,2-6H3/t18-,19+,20+,22?,26-,27?/m1/s1. The summed E-state index contributed by atoms with van der Waals surface area (Å²) in [6, 6.07) is 4.53. The molecule has 3 aliphatic heterocycles. The van der Waals surface area contributed by atoms with Crippen molar-refractivity contribution in [2.45, 2.75) is 69.0 Å². The smallest absolute Gasteiger partial charge is 0.311 e. The first-order valence-electron chi connectivity index (χ1n) is 12.4. The second-order valence-corrected chi connectivity index (χ2v) is 12.1. The number of carbonyl (C=O) groups is 3. The van der Waals surface area contributed by atoms with Crippen molar-refractivity contribution in [2.75, 3.05) is 24.7 Å². The molecule has 0 aromatic heterocycles. The molecule has 6 atom stereocenters. The van der Waals surface area contributed by atoms with E-state index in [1.54, 1.807) is 41.5 Å². The fourth-order valence-corrected chi connectivity index (χ4v) is 8.92. The van der Waals surface area contributed by atoms with Crippen LogP contribution in [-0.2, 0) is 19.1 Å². The molecule has 7 nitrogen and oxygen atoms in total. The zero-order chi connectivity index (χ0) is 25.7. The fraction of sp³-hybridized carbons (Fsp3) is 0.593. The van der Waals surface area contributed by atoms with Gasteiger partial charge in [-0.15, -0.1) is 18.3 Å². The number of para-hydroxylation sites is 1. The Labute approximate surface area is 211 Å². The summed E-state index contributed by atoms with van der Waals surface area (Å²) < 4.78 is 4.20. The van der Waals surface area contributed by atoms with Gasteiger partial charge in [0, 0.05) is 17.0 Å². The van der Waals surface area contributed by atoms with Gasteiger partial charge in [-0.05, 0) is 58.6 Å². The number of fused-ring (bicyclic) bond motifs is 1. The number of hydrogen-bond donors (Lipinski definition) is 1. The SMILES string of the molecule is C=CCN(C(=O)C1N([C@H](C)CO)C(=O)[C@@H]2[C@@H](C(=O)OCC)[C@@]3(C)CCC12S3)c1c(C)cccc1C. The van der Waals surface area contributed by atoms with Gasteiger partial charge >= 0.3 is 5.97 Å². The van der Waals surface area contributed by atoms with Crippen LogP contribution in [-0.4, -0.2) is 69.1 Å². The van der Waals surface area contributed by atoms with E-state index in [2.05, 4.69) is 6.58 Å². The monoisotopic (exact) mass is 500 g/mol. The van der Waals surface area contributed by atoms with E-state index >= 15 is 0 Å². The van der Waals surface area contributed by atoms with Gasteiger partial charge in [-0.3, -0.25) is 14.4 Å². The number of nitrogens with zero attached hydrogens (tertiary/aromatic N) is 2. The topological polar surface area (TPSA) is 87.2 Å². The molecule has 4 rings (SSSR count). The van der Waals surface area contributed by atoms with E-state index in [0.717, 1.165) is 23.2 Å². The van der Waals surface area contributed by atoms with Gasteiger partial charge < -0.3 is 19.6 Å². The van der Waals surface area contributed by atoms with Crippen LogP contribution in [0.3, 0.4) is 0 Å². The van der Waals surface area contributed by atoms with E-state index in [1.807, 2.05) is 39.0 Å². The Hall–Kier alpha value is -2.32. The average molecular weight is 501 g/mol. The molecule has 2 unspecified atom stereocenters. The molecule has 2 bridgehead atoms. The fourth-order valence-electron chi connectivity index (χ4n) is 6.59. The van der Waals surface area contributed by atoms with Gasteiger partial charge in [-0.2, -0.15) is 0 Å². The number of aryl methyl sites for hydroxylation is 2. The number of amides is 2. The number of anilines is 1. The summed E-state index contributed by atoms with van der Waals surface area (Å²) in [5, 5.41) is 10.1. The minimum atomic E-state index is -0.799. The number of hydrogen-bond acceptors (Lipinski definition) is 6. The second kappa shape index (κ2) is 9.28. The Morgan fingerprint density at radius 3 is 2.57 bits per heavy atom. The summed E-state index contributed by atoms with van der Waals surface area (Å²) >= 11 is 1.61. The Bertz CT molecular complexity index is 1040. The lowest BCUT2D eigenvalue weighted by molar-refractivity contribution is -0.155. The van der Waals surface area contributed by atoms with Crippen LogP contribution in [0.5, 0.6) is 0 Å². The molecule has 1 aromatic rings. The quantitative estimate of drug-likeness (QED) is 0.436. The Balaban J connectivity index is 1.86. The summed E-state index contributed by atoms with van der Waals surface area (Å²) in [5.74, 6) is -2.08. The average Bonchev–Trinajstić information content (AvgIpc) is 3.38. The third-order valence-electron chi connectivity index (χ3n) is 8.02. The normalized spacial score (nSPS) is 31.9. The lowest BCUT2D eigenvalue weighted by atomic mass is 9.66. The van der Waals surface area contributed by atoms with Crippen molar-refractivity contribution in [1.82, 2.24) is 4.90 Å². The van der Waals surface area contributed by atoms with Crippen LogP contribution < -0.4 is 4.90 Å². The van der Waals surface area contributed by atoms with Crippen molar-refractivity contribution in [1.29, 1.82) is 0 Å². The first-order chi connectivity index (χ1) is 16.6. The predicted molar refractivity (Wildman–Crippen MR) is 137 cm³/mol. The van der Waals surface area contributed by atoms with Gasteiger partial charge in [0.2, 0.25) is 5.91 Å². The third-order valence-corrected chi connectivity index (χ3v) is 10.0. The molecule has 190 valence electrons. The maximum Gasteiger partial charge on any atom is 0.311 e. The predicted octanol–water partition coefficient (Wildman–Crippen LogP) is 3.25. The molecule has 3 heterocycles. The largest absolute Gasteiger partial charge is 0.466 e. The Morgan fingerprint density at radius 1 is 1.34 bits per heavy atom. The van der Waals surface area contributed by atoms with Crippen LogP contribution in [0.4, 0.5) is 5.69 Å². The molecule has 3 saturated heterocycles. The number of likely N-dealkylation sites (tertiary alicyclic amines) is 1. The van der Waals surface area contributed by atoms with E-state index in [-0.39, 0.29) is 31.0 Å². The van der Waals surface area contributed by atoms with Gasteiger partial charge in [-0.1, -0.05) is 24.3 Å². The summed E-state index contributed by atoms with van der Waals surface area (Å²) in [7, 11) is 0. The maximum absolute atomic E-state index is 14.5. The summed E-state index contributed by atoms with van der Waals surface area (Å²) in [4.78, 5) is 44.9. The lowest BCUT2D eigenvalue weighted by Crippen LogP contribution is -2.57. The van der Waals surface area contributed by atoms with Crippen molar-refractivity contribution >= 4 is 35.2 Å². The van der Waals surface area contributed by atoms with Gasteiger partial charge in [0.25, 0.3) is 5.91 Å². The molecule has 3 fully saturated rings. The highest BCUT2D eigenvalue weighted by molar-refractivity contribution is 8.02. The molecule has 0 radical (unpaired) electrons. The summed E-state index contributed by atoms with van der Waals surface area (Å²) in [6.07, 6.45) is 3.07. The van der Waals surface area contributed by atoms with Crippen LogP contribution >= 0.6 is 11.8 Å². The minimum Gasteiger partial charge on any atom is -0.466 e. The number of benzene rings is 1. The highest BCUT2D eigenvalue weighted by atomic mass is 32.2. The zero-order valence-corrected chi connectivity index (χ0v) is 22.1. The molecule has 2 amide bonds. The van der Waals surface area contributed by atoms with Crippen LogP contribution in [0.1, 0.15) is 44.7 Å². The van der Waals surface area contributed by atoms with Crippen molar-refractivity contribution in [3.63, 3.8) is 0 Å². The van der Waals surface area contributed by atoms with E-state index in [0.29, 0.717) is 13.0 Å². The molecule has 0 aliphatic carbocycles. The molecule has 3 aliphatic rings. The minimum absolute atomic E-state index is 0.195. The van der Waals surface area contributed by atoms with Crippen LogP contribution in [0.25, 0.3) is 0 Å². The Kier molecular flexibility index (Phi) is 6.83. The second-order valence-electron chi connectivity index (χ2n) is 10.2. The van der Waals surface area contributed by atoms with Gasteiger partial charge in [0.1, 0.15) is 6.04 Å². The molecule has 1 aromatic carbocycles. The van der Waals surface area contributed by atoms with Crippen molar-refractivity contribution in [2.24, 2.45) is 11.8 Å². The number of carbonyl (C=O) groups excluding carboxylic acids is 3. The van der Waals surface area contributed by atoms with Crippen molar-refractivity contribution < 1.29 is 24.2 Å². The number of aliphatic hydroxyl groups excluding tert-OH is 1. The van der Waals surface area contributed by atoms with E-state index in [4.69, 9.17) is 4.74 Å². The van der Waals surface area contributed by atoms with Gasteiger partial charge in [0.05, 0.1) is 35.8 Å². The lowest BCUT2D eigenvalue weighted by Gasteiger charge is -2.39. The highest BCUT2D eigenvalue weighted by Crippen LogP contribution is 2.71. The van der Waals surface area contributed by atoms with Crippen LogP contribution in [0.15, 0.2) is 30.9 Å². The van der Waals surface area contributed by atoms with Crippen molar-refractivity contribution in [3.05, 3.63) is 42.0 Å². The first kappa shape index (κ1) is 25.8. The van der Waals surface area contributed by atoms with Gasteiger partial charge in [0.15, 0.2) is 0 Å². The molecule has 0 saturated carbocycles. The molecule has 1 N–H and O–H groups in total. The molecule has 35 heavy (non-hydrogen) atoms. The number of thioether (sulfide) groups is 1. The van der Waals surface area contributed by atoms with Gasteiger partial charge in [-0.25, -0.2) is 0 Å². The first-order valence-corrected chi connectivity index (χ1v) is 13.2. The number of rotatable bonds is 8. The van der Waals surface area contributed by atoms with E-state index in [9.17, 15) is 19.5 Å². The van der Waals surface area contributed by atoms with E-state index < -0.39 is 33.4 Å². The molecular weight excluding hydrogens is 464 g/mol. The van der Waals surface area contributed by atoms with E-state index in [1.165, 1.54) is 0 Å². The number of esters is 1. The number of ether oxygens (including phenoxy) is 1. The highest BCUT2D eigenvalue weighted by Gasteiger charge is 2.78. The van der Waals surface area contributed by atoms with Crippen LogP contribution in [0.2, 0.25) is 0 Å². The van der Waals surface area contributed by atoms with Crippen molar-refractivity contribution in [3.8, 4) is 0 Å². The third kappa shape index (κ3) is 3.71. The maximum atomic E-state index is 14.5. The summed E-state index contributed by atoms with van der Waals surface area (Å²) in [5.41, 5.74) is 2.73.